The number of thiocarbonyl (C=S) groups is 1. The van der Waals surface area contributed by atoms with Crippen molar-refractivity contribution in [2.45, 2.75) is 33.9 Å². The molecule has 0 bridgehead atoms. The Morgan fingerprint density at radius 1 is 1.25 bits per heavy atom. The number of nitrogens with one attached hydrogen (secondary N) is 2. The van der Waals surface area contributed by atoms with Gasteiger partial charge >= 0.3 is 0 Å². The van der Waals surface area contributed by atoms with Crippen LogP contribution in [-0.2, 0) is 13.1 Å². The lowest BCUT2D eigenvalue weighted by atomic mass is 10.2. The van der Waals surface area contributed by atoms with E-state index in [9.17, 15) is 0 Å². The van der Waals surface area contributed by atoms with Crippen LogP contribution < -0.4 is 10.6 Å². The number of nitrogens with zero attached hydrogens (tertiary/aromatic N) is 2. The molecule has 0 aliphatic heterocycles. The Hall–Kier alpha value is -1.88. The first-order chi connectivity index (χ1) is 9.58. The Morgan fingerprint density at radius 3 is 2.55 bits per heavy atom. The van der Waals surface area contributed by atoms with Gasteiger partial charge in [-0.15, -0.1) is 0 Å². The fraction of sp³-hybridized carbons (Fsp3) is 0.333. The summed E-state index contributed by atoms with van der Waals surface area (Å²) in [6.07, 6.45) is 2.05. The van der Waals surface area contributed by atoms with Gasteiger partial charge in [0.05, 0.1) is 5.69 Å². The highest BCUT2D eigenvalue weighted by atomic mass is 32.1. The fourth-order valence-corrected chi connectivity index (χ4v) is 2.07. The highest BCUT2D eigenvalue weighted by Crippen LogP contribution is 2.09. The van der Waals surface area contributed by atoms with Crippen LogP contribution in [0.3, 0.4) is 0 Å². The van der Waals surface area contributed by atoms with E-state index in [0.717, 1.165) is 17.9 Å². The molecule has 0 atom stereocenters. The highest BCUT2D eigenvalue weighted by molar-refractivity contribution is 7.80. The molecule has 1 aromatic heterocycles. The summed E-state index contributed by atoms with van der Waals surface area (Å²) in [5, 5.41) is 11.4. The lowest BCUT2D eigenvalue weighted by Gasteiger charge is -2.10. The maximum Gasteiger partial charge on any atom is 0.171 e. The van der Waals surface area contributed by atoms with Crippen LogP contribution in [0.2, 0.25) is 0 Å². The zero-order valence-electron chi connectivity index (χ0n) is 12.1. The second-order valence-corrected chi connectivity index (χ2v) is 5.18. The van der Waals surface area contributed by atoms with Gasteiger partial charge in [0.1, 0.15) is 0 Å². The van der Waals surface area contributed by atoms with E-state index in [1.54, 1.807) is 0 Å². The van der Waals surface area contributed by atoms with Crippen LogP contribution in [0.25, 0.3) is 0 Å². The summed E-state index contributed by atoms with van der Waals surface area (Å²) in [6.45, 7) is 7.72. The Kier molecular flexibility index (Phi) is 4.74. The van der Waals surface area contributed by atoms with E-state index in [1.807, 2.05) is 23.7 Å². The Morgan fingerprint density at radius 2 is 1.95 bits per heavy atom. The van der Waals surface area contributed by atoms with Crippen LogP contribution in [-0.4, -0.2) is 14.9 Å². The molecule has 2 N–H and O–H groups in total. The fourth-order valence-electron chi connectivity index (χ4n) is 1.88. The van der Waals surface area contributed by atoms with Gasteiger partial charge < -0.3 is 10.6 Å². The van der Waals surface area contributed by atoms with E-state index in [0.29, 0.717) is 11.7 Å². The monoisotopic (exact) mass is 288 g/mol. The van der Waals surface area contributed by atoms with Gasteiger partial charge in [-0.1, -0.05) is 17.7 Å². The summed E-state index contributed by atoms with van der Waals surface area (Å²) in [5.74, 6) is 0. The molecule has 0 fully saturated rings. The maximum atomic E-state index is 5.30. The van der Waals surface area contributed by atoms with E-state index in [4.69, 9.17) is 12.2 Å². The molecule has 1 aromatic carbocycles. The summed E-state index contributed by atoms with van der Waals surface area (Å²) in [5.41, 5.74) is 4.43. The third kappa shape index (κ3) is 3.81. The van der Waals surface area contributed by atoms with Crippen molar-refractivity contribution in [2.75, 3.05) is 5.32 Å². The molecular formula is C15H20N4S. The lowest BCUT2D eigenvalue weighted by molar-refractivity contribution is 0.653. The van der Waals surface area contributed by atoms with Crippen molar-refractivity contribution in [3.8, 4) is 0 Å². The van der Waals surface area contributed by atoms with Crippen LogP contribution in [0, 0.1) is 13.8 Å². The molecule has 0 aliphatic rings. The molecule has 0 saturated carbocycles. The van der Waals surface area contributed by atoms with Crippen molar-refractivity contribution in [1.29, 1.82) is 0 Å². The largest absolute Gasteiger partial charge is 0.358 e. The van der Waals surface area contributed by atoms with Crippen LogP contribution >= 0.6 is 12.2 Å². The summed E-state index contributed by atoms with van der Waals surface area (Å²) >= 11 is 5.30. The second kappa shape index (κ2) is 6.52. The van der Waals surface area contributed by atoms with Crippen LogP contribution in [0.5, 0.6) is 0 Å². The Labute approximate surface area is 125 Å². The molecule has 2 rings (SSSR count). The lowest BCUT2D eigenvalue weighted by Crippen LogP contribution is -2.27. The normalized spacial score (nSPS) is 10.3. The summed E-state index contributed by atoms with van der Waals surface area (Å²) in [7, 11) is 0. The number of aryl methyl sites for hydroxylation is 3. The highest BCUT2D eigenvalue weighted by Gasteiger charge is 2.04. The van der Waals surface area contributed by atoms with E-state index < -0.39 is 0 Å². The van der Waals surface area contributed by atoms with Crippen molar-refractivity contribution in [3.05, 3.63) is 47.3 Å². The van der Waals surface area contributed by atoms with Gasteiger partial charge in [0.15, 0.2) is 5.11 Å². The Balaban J connectivity index is 1.88. The van der Waals surface area contributed by atoms with E-state index in [1.165, 1.54) is 11.1 Å². The van der Waals surface area contributed by atoms with E-state index >= 15 is 0 Å². The van der Waals surface area contributed by atoms with E-state index in [2.05, 4.69) is 47.9 Å². The standard InChI is InChI=1S/C15H20N4S/c1-4-19-10-13(12(3)18-19)9-16-15(20)17-14-7-5-11(2)6-8-14/h5-8,10H,4,9H2,1-3H3,(H2,16,17,20). The topological polar surface area (TPSA) is 41.9 Å². The minimum atomic E-state index is 0.623. The maximum absolute atomic E-state index is 5.30. The third-order valence-electron chi connectivity index (χ3n) is 3.12. The zero-order valence-corrected chi connectivity index (χ0v) is 12.9. The zero-order chi connectivity index (χ0) is 14.5. The molecule has 1 heterocycles. The Bertz CT molecular complexity index is 586. The minimum Gasteiger partial charge on any atom is -0.358 e. The molecule has 0 spiro atoms. The number of hydrogen-bond acceptors (Lipinski definition) is 2. The second-order valence-electron chi connectivity index (χ2n) is 4.77. The molecule has 4 nitrogen and oxygen atoms in total. The van der Waals surface area contributed by atoms with Gasteiger partial charge in [0, 0.05) is 30.5 Å². The van der Waals surface area contributed by atoms with Gasteiger partial charge in [0.2, 0.25) is 0 Å². The molecule has 0 saturated heterocycles. The van der Waals surface area contributed by atoms with Crippen LogP contribution in [0.15, 0.2) is 30.5 Å². The predicted octanol–water partition coefficient (Wildman–Crippen LogP) is 3.01. The first-order valence-electron chi connectivity index (χ1n) is 6.73. The number of benzene rings is 1. The van der Waals surface area contributed by atoms with Gasteiger partial charge in [-0.2, -0.15) is 5.10 Å². The van der Waals surface area contributed by atoms with Crippen molar-refractivity contribution in [3.63, 3.8) is 0 Å². The molecule has 2 aromatic rings. The minimum absolute atomic E-state index is 0.623. The van der Waals surface area contributed by atoms with Gasteiger partial charge in [-0.25, -0.2) is 0 Å². The van der Waals surface area contributed by atoms with Gasteiger partial charge in [0.25, 0.3) is 0 Å². The average Bonchev–Trinajstić information content (AvgIpc) is 2.80. The van der Waals surface area contributed by atoms with Crippen molar-refractivity contribution in [1.82, 2.24) is 15.1 Å². The quantitative estimate of drug-likeness (QED) is 0.849. The molecule has 0 aliphatic carbocycles. The summed E-state index contributed by atoms with van der Waals surface area (Å²) in [6, 6.07) is 8.15. The molecule has 0 amide bonds. The first-order valence-corrected chi connectivity index (χ1v) is 7.13. The third-order valence-corrected chi connectivity index (χ3v) is 3.37. The summed E-state index contributed by atoms with van der Waals surface area (Å²) < 4.78 is 1.93. The first kappa shape index (κ1) is 14.5. The number of hydrogen-bond donors (Lipinski definition) is 2. The predicted molar refractivity (Wildman–Crippen MR) is 86.9 cm³/mol. The molecule has 0 unspecified atom stereocenters. The molecule has 20 heavy (non-hydrogen) atoms. The number of aromatic nitrogens is 2. The van der Waals surface area contributed by atoms with Gasteiger partial charge in [-0.3, -0.25) is 4.68 Å². The number of anilines is 1. The van der Waals surface area contributed by atoms with E-state index in [-0.39, 0.29) is 0 Å². The molecule has 106 valence electrons. The van der Waals surface area contributed by atoms with Crippen molar-refractivity contribution < 1.29 is 0 Å². The van der Waals surface area contributed by atoms with Crippen LogP contribution in [0.1, 0.15) is 23.7 Å². The molecule has 5 heteroatoms. The van der Waals surface area contributed by atoms with Crippen LogP contribution in [0.4, 0.5) is 5.69 Å². The van der Waals surface area contributed by atoms with Crippen molar-refractivity contribution >= 4 is 23.0 Å². The average molecular weight is 288 g/mol. The molecule has 0 radical (unpaired) electrons. The smallest absolute Gasteiger partial charge is 0.171 e. The van der Waals surface area contributed by atoms with Crippen molar-refractivity contribution in [2.24, 2.45) is 0 Å². The SMILES string of the molecule is CCn1cc(CNC(=S)Nc2ccc(C)cc2)c(C)n1. The number of rotatable bonds is 4. The summed E-state index contributed by atoms with van der Waals surface area (Å²) in [4.78, 5) is 0. The van der Waals surface area contributed by atoms with Gasteiger partial charge in [-0.05, 0) is 45.1 Å². The molecular weight excluding hydrogens is 268 g/mol.